The first-order valence-corrected chi connectivity index (χ1v) is 6.63. The summed E-state index contributed by atoms with van der Waals surface area (Å²) in [6.45, 7) is 2.42. The van der Waals surface area contributed by atoms with Crippen molar-refractivity contribution in [2.45, 2.75) is 25.2 Å². The second kappa shape index (κ2) is 6.03. The predicted molar refractivity (Wildman–Crippen MR) is 70.7 cm³/mol. The van der Waals surface area contributed by atoms with Gasteiger partial charge in [-0.05, 0) is 19.1 Å². The van der Waals surface area contributed by atoms with Gasteiger partial charge >= 0.3 is 6.18 Å². The number of morpholine rings is 1. The zero-order valence-electron chi connectivity index (χ0n) is 11.6. The smallest absolute Gasteiger partial charge is 0.373 e. The van der Waals surface area contributed by atoms with Crippen molar-refractivity contribution in [2.75, 3.05) is 19.7 Å². The van der Waals surface area contributed by atoms with Gasteiger partial charge in [-0.25, -0.2) is 0 Å². The Hall–Kier alpha value is -1.60. The summed E-state index contributed by atoms with van der Waals surface area (Å²) in [5.41, 5.74) is 4.25. The summed E-state index contributed by atoms with van der Waals surface area (Å²) in [4.78, 5) is 13.9. The van der Waals surface area contributed by atoms with Gasteiger partial charge in [-0.15, -0.1) is 0 Å². The number of benzene rings is 1. The molecule has 2 unspecified atom stereocenters. The minimum absolute atomic E-state index is 0.197. The van der Waals surface area contributed by atoms with Crippen molar-refractivity contribution >= 4 is 5.91 Å². The van der Waals surface area contributed by atoms with E-state index in [1.807, 2.05) is 0 Å². The summed E-state index contributed by atoms with van der Waals surface area (Å²) in [5, 5.41) is 0. The van der Waals surface area contributed by atoms with Crippen LogP contribution in [0.5, 0.6) is 0 Å². The van der Waals surface area contributed by atoms with E-state index in [4.69, 9.17) is 10.5 Å². The molecule has 1 heterocycles. The number of hydrogen-bond donors (Lipinski definition) is 1. The minimum atomic E-state index is -4.56. The Morgan fingerprint density at radius 2 is 2.10 bits per heavy atom. The van der Waals surface area contributed by atoms with Gasteiger partial charge in [-0.3, -0.25) is 4.79 Å². The molecule has 1 saturated heterocycles. The maximum Gasteiger partial charge on any atom is 0.417 e. The molecule has 116 valence electrons. The van der Waals surface area contributed by atoms with Crippen LogP contribution in [0.1, 0.15) is 22.8 Å². The van der Waals surface area contributed by atoms with Crippen LogP contribution in [0.15, 0.2) is 24.3 Å². The van der Waals surface area contributed by atoms with E-state index < -0.39 is 17.6 Å². The van der Waals surface area contributed by atoms with Crippen molar-refractivity contribution in [3.8, 4) is 0 Å². The normalized spacial score (nSPS) is 23.2. The Labute approximate surface area is 120 Å². The van der Waals surface area contributed by atoms with Crippen molar-refractivity contribution in [1.29, 1.82) is 0 Å². The lowest BCUT2D eigenvalue weighted by Crippen LogP contribution is -2.53. The number of halogens is 3. The molecule has 1 fully saturated rings. The number of carbonyl (C=O) groups is 1. The van der Waals surface area contributed by atoms with E-state index in [1.54, 1.807) is 6.92 Å². The standard InChI is InChI=1S/C14H17F3N2O2/c1-9-8-21-10(6-18)7-19(9)13(20)11-4-2-3-5-12(11)14(15,16)17/h2-5,9-10H,6-8,18H2,1H3. The van der Waals surface area contributed by atoms with E-state index in [-0.39, 0.29) is 37.4 Å². The minimum Gasteiger partial charge on any atom is -0.373 e. The largest absolute Gasteiger partial charge is 0.417 e. The lowest BCUT2D eigenvalue weighted by Gasteiger charge is -2.38. The summed E-state index contributed by atoms with van der Waals surface area (Å²) in [6.07, 6.45) is -4.90. The highest BCUT2D eigenvalue weighted by Crippen LogP contribution is 2.32. The van der Waals surface area contributed by atoms with Gasteiger partial charge in [0.25, 0.3) is 5.91 Å². The second-order valence-electron chi connectivity index (χ2n) is 5.04. The molecule has 0 aliphatic carbocycles. The maximum atomic E-state index is 13.0. The van der Waals surface area contributed by atoms with E-state index in [0.717, 1.165) is 6.07 Å². The molecule has 2 atom stereocenters. The number of alkyl halides is 3. The molecule has 2 N–H and O–H groups in total. The Morgan fingerprint density at radius 1 is 1.43 bits per heavy atom. The summed E-state index contributed by atoms with van der Waals surface area (Å²) >= 11 is 0. The molecule has 4 nitrogen and oxygen atoms in total. The first-order valence-electron chi connectivity index (χ1n) is 6.63. The van der Waals surface area contributed by atoms with Crippen molar-refractivity contribution in [3.63, 3.8) is 0 Å². The molecule has 1 amide bonds. The number of rotatable bonds is 2. The molecule has 1 aliphatic rings. The fourth-order valence-electron chi connectivity index (χ4n) is 2.31. The van der Waals surface area contributed by atoms with E-state index in [1.165, 1.54) is 23.1 Å². The van der Waals surface area contributed by atoms with Gasteiger partial charge in [0.2, 0.25) is 0 Å². The van der Waals surface area contributed by atoms with Crippen LogP contribution in [-0.4, -0.2) is 42.6 Å². The van der Waals surface area contributed by atoms with Gasteiger partial charge < -0.3 is 15.4 Å². The molecule has 21 heavy (non-hydrogen) atoms. The average Bonchev–Trinajstić information content (AvgIpc) is 2.46. The number of hydrogen-bond acceptors (Lipinski definition) is 3. The Morgan fingerprint density at radius 3 is 2.71 bits per heavy atom. The summed E-state index contributed by atoms with van der Waals surface area (Å²) in [7, 11) is 0. The fourth-order valence-corrected chi connectivity index (χ4v) is 2.31. The Bertz CT molecular complexity index is 519. The molecule has 2 rings (SSSR count). The van der Waals surface area contributed by atoms with Crippen molar-refractivity contribution in [1.82, 2.24) is 4.90 Å². The van der Waals surface area contributed by atoms with E-state index in [2.05, 4.69) is 0 Å². The quantitative estimate of drug-likeness (QED) is 0.907. The van der Waals surface area contributed by atoms with Gasteiger partial charge in [0.1, 0.15) is 0 Å². The highest BCUT2D eigenvalue weighted by molar-refractivity contribution is 5.96. The second-order valence-corrected chi connectivity index (χ2v) is 5.04. The first-order chi connectivity index (χ1) is 9.84. The van der Waals surface area contributed by atoms with Crippen LogP contribution in [0.4, 0.5) is 13.2 Å². The third kappa shape index (κ3) is 3.36. The highest BCUT2D eigenvalue weighted by atomic mass is 19.4. The van der Waals surface area contributed by atoms with Crippen molar-refractivity contribution in [3.05, 3.63) is 35.4 Å². The number of nitrogens with zero attached hydrogens (tertiary/aromatic N) is 1. The molecule has 0 radical (unpaired) electrons. The Balaban J connectivity index is 2.31. The lowest BCUT2D eigenvalue weighted by molar-refractivity contribution is -0.138. The van der Waals surface area contributed by atoms with E-state index >= 15 is 0 Å². The van der Waals surface area contributed by atoms with Gasteiger partial charge in [0.05, 0.1) is 29.9 Å². The van der Waals surface area contributed by atoms with Crippen LogP contribution in [0.25, 0.3) is 0 Å². The summed E-state index contributed by atoms with van der Waals surface area (Å²) in [5.74, 6) is -0.642. The maximum absolute atomic E-state index is 13.0. The SMILES string of the molecule is CC1COC(CN)CN1C(=O)c1ccccc1C(F)(F)F. The summed E-state index contributed by atoms with van der Waals surface area (Å²) < 4.78 is 44.4. The molecule has 0 saturated carbocycles. The predicted octanol–water partition coefficient (Wildman–Crippen LogP) is 1.89. The molecule has 0 spiro atoms. The Kier molecular flexibility index (Phi) is 4.53. The lowest BCUT2D eigenvalue weighted by atomic mass is 10.0. The van der Waals surface area contributed by atoms with Crippen LogP contribution in [-0.2, 0) is 10.9 Å². The highest BCUT2D eigenvalue weighted by Gasteiger charge is 2.37. The van der Waals surface area contributed by atoms with Crippen LogP contribution in [0, 0.1) is 0 Å². The average molecular weight is 302 g/mol. The molecular weight excluding hydrogens is 285 g/mol. The monoisotopic (exact) mass is 302 g/mol. The third-order valence-corrected chi connectivity index (χ3v) is 3.49. The van der Waals surface area contributed by atoms with E-state index in [0.29, 0.717) is 0 Å². The molecule has 1 aromatic carbocycles. The van der Waals surface area contributed by atoms with E-state index in [9.17, 15) is 18.0 Å². The molecule has 0 aromatic heterocycles. The number of carbonyl (C=O) groups excluding carboxylic acids is 1. The van der Waals surface area contributed by atoms with Gasteiger partial charge in [0, 0.05) is 13.1 Å². The van der Waals surface area contributed by atoms with Crippen LogP contribution in [0.2, 0.25) is 0 Å². The topological polar surface area (TPSA) is 55.6 Å². The van der Waals surface area contributed by atoms with Crippen molar-refractivity contribution in [2.24, 2.45) is 5.73 Å². The molecule has 1 aliphatic heterocycles. The molecule has 0 bridgehead atoms. The zero-order valence-corrected chi connectivity index (χ0v) is 11.6. The van der Waals surface area contributed by atoms with Crippen LogP contribution in [0.3, 0.4) is 0 Å². The zero-order chi connectivity index (χ0) is 15.6. The molecular formula is C14H17F3N2O2. The molecule has 1 aromatic rings. The van der Waals surface area contributed by atoms with Crippen LogP contribution >= 0.6 is 0 Å². The third-order valence-electron chi connectivity index (χ3n) is 3.49. The summed E-state index contributed by atoms with van der Waals surface area (Å²) in [6, 6.07) is 4.52. The van der Waals surface area contributed by atoms with Gasteiger partial charge in [-0.2, -0.15) is 13.2 Å². The van der Waals surface area contributed by atoms with Gasteiger partial charge in [0.15, 0.2) is 0 Å². The van der Waals surface area contributed by atoms with Crippen molar-refractivity contribution < 1.29 is 22.7 Å². The number of amides is 1. The van der Waals surface area contributed by atoms with Crippen LogP contribution < -0.4 is 5.73 Å². The number of nitrogens with two attached hydrogens (primary N) is 1. The number of ether oxygens (including phenoxy) is 1. The first kappa shape index (κ1) is 15.8. The molecule has 7 heteroatoms. The van der Waals surface area contributed by atoms with Gasteiger partial charge in [-0.1, -0.05) is 12.1 Å². The fraction of sp³-hybridized carbons (Fsp3) is 0.500.